The minimum absolute atomic E-state index is 0.395. The van der Waals surface area contributed by atoms with Crippen molar-refractivity contribution in [3.8, 4) is 5.75 Å². The first kappa shape index (κ1) is 14.1. The van der Waals surface area contributed by atoms with Gasteiger partial charge in [0.05, 0.1) is 17.5 Å². The molecule has 0 saturated heterocycles. The molecule has 0 aliphatic heterocycles. The number of halogens is 1. The number of aromatic nitrogens is 2. The molecule has 0 unspecified atom stereocenters. The summed E-state index contributed by atoms with van der Waals surface area (Å²) in [6, 6.07) is 9.95. The summed E-state index contributed by atoms with van der Waals surface area (Å²) in [5, 5.41) is 3.82. The molecular weight excluding hydrogens is 283 g/mol. The van der Waals surface area contributed by atoms with E-state index in [4.69, 9.17) is 10.5 Å². The van der Waals surface area contributed by atoms with Crippen LogP contribution in [0.1, 0.15) is 6.92 Å². The summed E-state index contributed by atoms with van der Waals surface area (Å²) in [6.45, 7) is 2.27. The number of ether oxygens (including phenoxy) is 1. The van der Waals surface area contributed by atoms with Gasteiger partial charge in [-0.2, -0.15) is 0 Å². The molecule has 3 aromatic rings. The Labute approximate surface area is 127 Å². The molecule has 0 saturated carbocycles. The Morgan fingerprint density at radius 1 is 1.18 bits per heavy atom. The molecule has 0 aliphatic carbocycles. The van der Waals surface area contributed by atoms with Gasteiger partial charge in [-0.05, 0) is 31.2 Å². The van der Waals surface area contributed by atoms with Crippen LogP contribution in [-0.2, 0) is 0 Å². The molecule has 0 spiro atoms. The Bertz CT molecular complexity index is 805. The second kappa shape index (κ2) is 5.85. The lowest BCUT2D eigenvalue weighted by Crippen LogP contribution is -2.00. The smallest absolute Gasteiger partial charge is 0.145 e. The Kier molecular flexibility index (Phi) is 3.74. The van der Waals surface area contributed by atoms with E-state index >= 15 is 0 Å². The highest BCUT2D eigenvalue weighted by Crippen LogP contribution is 2.32. The van der Waals surface area contributed by atoms with Gasteiger partial charge in [0.2, 0.25) is 0 Å². The van der Waals surface area contributed by atoms with E-state index in [0.717, 1.165) is 5.69 Å². The van der Waals surface area contributed by atoms with Crippen LogP contribution >= 0.6 is 0 Å². The molecule has 3 rings (SSSR count). The van der Waals surface area contributed by atoms with E-state index in [9.17, 15) is 4.39 Å². The maximum atomic E-state index is 13.6. The molecule has 22 heavy (non-hydrogen) atoms. The zero-order chi connectivity index (χ0) is 15.5. The van der Waals surface area contributed by atoms with E-state index in [1.807, 2.05) is 19.1 Å². The van der Waals surface area contributed by atoms with Crippen molar-refractivity contribution in [2.45, 2.75) is 6.92 Å². The highest BCUT2D eigenvalue weighted by atomic mass is 19.1. The van der Waals surface area contributed by atoms with Crippen molar-refractivity contribution in [3.63, 3.8) is 0 Å². The van der Waals surface area contributed by atoms with Crippen LogP contribution in [0.15, 0.2) is 42.7 Å². The highest BCUT2D eigenvalue weighted by molar-refractivity contribution is 5.95. The second-order valence-corrected chi connectivity index (χ2v) is 4.70. The summed E-state index contributed by atoms with van der Waals surface area (Å²) in [5.41, 5.74) is 7.66. The van der Waals surface area contributed by atoms with Gasteiger partial charge in [0.25, 0.3) is 0 Å². The van der Waals surface area contributed by atoms with E-state index in [-0.39, 0.29) is 0 Å². The standard InChI is InChI=1S/C16H15FN4O/c1-2-22-14-8-10(17)7-13-15(14)16(20-9-19-13)21-12-5-3-11(18)4-6-12/h3-9H,2,18H2,1H3,(H,19,20,21). The molecule has 6 heteroatoms. The van der Waals surface area contributed by atoms with Crippen LogP contribution < -0.4 is 15.8 Å². The van der Waals surface area contributed by atoms with Gasteiger partial charge >= 0.3 is 0 Å². The zero-order valence-electron chi connectivity index (χ0n) is 12.0. The number of nitrogens with zero attached hydrogens (tertiary/aromatic N) is 2. The molecule has 0 atom stereocenters. The van der Waals surface area contributed by atoms with Crippen molar-refractivity contribution in [3.05, 3.63) is 48.5 Å². The fourth-order valence-corrected chi connectivity index (χ4v) is 2.19. The van der Waals surface area contributed by atoms with Crippen molar-refractivity contribution < 1.29 is 9.13 Å². The molecule has 0 bridgehead atoms. The van der Waals surface area contributed by atoms with Crippen molar-refractivity contribution in [2.75, 3.05) is 17.7 Å². The van der Waals surface area contributed by atoms with Crippen LogP contribution in [0.4, 0.5) is 21.6 Å². The number of benzene rings is 2. The molecule has 3 N–H and O–H groups in total. The third-order valence-electron chi connectivity index (χ3n) is 3.14. The minimum atomic E-state index is -0.395. The molecule has 0 fully saturated rings. The molecule has 112 valence electrons. The van der Waals surface area contributed by atoms with Crippen LogP contribution in [0.5, 0.6) is 5.75 Å². The monoisotopic (exact) mass is 298 g/mol. The first-order chi connectivity index (χ1) is 10.7. The lowest BCUT2D eigenvalue weighted by atomic mass is 10.2. The van der Waals surface area contributed by atoms with Crippen LogP contribution in [0.25, 0.3) is 10.9 Å². The summed E-state index contributed by atoms with van der Waals surface area (Å²) < 4.78 is 19.2. The molecule has 1 heterocycles. The first-order valence-electron chi connectivity index (χ1n) is 6.87. The summed E-state index contributed by atoms with van der Waals surface area (Å²) in [5.74, 6) is 0.572. The van der Waals surface area contributed by atoms with Gasteiger partial charge in [-0.25, -0.2) is 14.4 Å². The van der Waals surface area contributed by atoms with Gasteiger partial charge in [-0.15, -0.1) is 0 Å². The number of nitrogens with two attached hydrogens (primary N) is 1. The fourth-order valence-electron chi connectivity index (χ4n) is 2.19. The van der Waals surface area contributed by atoms with Gasteiger partial charge < -0.3 is 15.8 Å². The van der Waals surface area contributed by atoms with Crippen molar-refractivity contribution >= 4 is 28.1 Å². The summed E-state index contributed by atoms with van der Waals surface area (Å²) in [7, 11) is 0. The highest BCUT2D eigenvalue weighted by Gasteiger charge is 2.12. The van der Waals surface area contributed by atoms with E-state index < -0.39 is 5.82 Å². The third kappa shape index (κ3) is 2.76. The van der Waals surface area contributed by atoms with Crippen molar-refractivity contribution in [1.82, 2.24) is 9.97 Å². The van der Waals surface area contributed by atoms with E-state index in [2.05, 4.69) is 15.3 Å². The predicted octanol–water partition coefficient (Wildman–Crippen LogP) is 3.49. The lowest BCUT2D eigenvalue weighted by molar-refractivity contribution is 0.342. The number of nitrogen functional groups attached to an aromatic ring is 1. The Balaban J connectivity index is 2.10. The topological polar surface area (TPSA) is 73.1 Å². The van der Waals surface area contributed by atoms with Gasteiger partial charge in [0.1, 0.15) is 23.7 Å². The third-order valence-corrected chi connectivity index (χ3v) is 3.14. The number of nitrogens with one attached hydrogen (secondary N) is 1. The van der Waals surface area contributed by atoms with Crippen LogP contribution in [-0.4, -0.2) is 16.6 Å². The maximum absolute atomic E-state index is 13.6. The summed E-state index contributed by atoms with van der Waals surface area (Å²) in [4.78, 5) is 8.35. The van der Waals surface area contributed by atoms with E-state index in [0.29, 0.717) is 34.8 Å². The fraction of sp³-hybridized carbons (Fsp3) is 0.125. The van der Waals surface area contributed by atoms with Crippen LogP contribution in [0, 0.1) is 5.82 Å². The number of rotatable bonds is 4. The Morgan fingerprint density at radius 3 is 2.68 bits per heavy atom. The largest absolute Gasteiger partial charge is 0.493 e. The Hall–Kier alpha value is -2.89. The molecule has 2 aromatic carbocycles. The molecule has 0 amide bonds. The van der Waals surface area contributed by atoms with Crippen LogP contribution in [0.3, 0.4) is 0 Å². The van der Waals surface area contributed by atoms with Crippen LogP contribution in [0.2, 0.25) is 0 Å². The minimum Gasteiger partial charge on any atom is -0.493 e. The van der Waals surface area contributed by atoms with Gasteiger partial charge in [-0.3, -0.25) is 0 Å². The maximum Gasteiger partial charge on any atom is 0.145 e. The SMILES string of the molecule is CCOc1cc(F)cc2ncnc(Nc3ccc(N)cc3)c12. The molecule has 0 radical (unpaired) electrons. The van der Waals surface area contributed by atoms with Crippen molar-refractivity contribution in [2.24, 2.45) is 0 Å². The molecule has 0 aliphatic rings. The number of hydrogen-bond acceptors (Lipinski definition) is 5. The van der Waals surface area contributed by atoms with Gasteiger partial charge in [0.15, 0.2) is 0 Å². The molecule has 5 nitrogen and oxygen atoms in total. The second-order valence-electron chi connectivity index (χ2n) is 4.70. The Morgan fingerprint density at radius 2 is 1.95 bits per heavy atom. The van der Waals surface area contributed by atoms with Gasteiger partial charge in [0, 0.05) is 23.5 Å². The first-order valence-corrected chi connectivity index (χ1v) is 6.87. The molecule has 1 aromatic heterocycles. The number of fused-ring (bicyclic) bond motifs is 1. The predicted molar refractivity (Wildman–Crippen MR) is 84.8 cm³/mol. The van der Waals surface area contributed by atoms with Gasteiger partial charge in [-0.1, -0.05) is 0 Å². The van der Waals surface area contributed by atoms with Crippen molar-refractivity contribution in [1.29, 1.82) is 0 Å². The zero-order valence-corrected chi connectivity index (χ0v) is 12.0. The number of hydrogen-bond donors (Lipinski definition) is 2. The summed E-state index contributed by atoms with van der Waals surface area (Å²) >= 11 is 0. The number of anilines is 3. The normalized spacial score (nSPS) is 10.6. The average Bonchev–Trinajstić information content (AvgIpc) is 2.49. The van der Waals surface area contributed by atoms with E-state index in [1.165, 1.54) is 18.5 Å². The lowest BCUT2D eigenvalue weighted by Gasteiger charge is -2.12. The molecular formula is C16H15FN4O. The average molecular weight is 298 g/mol. The van der Waals surface area contributed by atoms with E-state index in [1.54, 1.807) is 12.1 Å². The quantitative estimate of drug-likeness (QED) is 0.721. The summed E-state index contributed by atoms with van der Waals surface area (Å²) in [6.07, 6.45) is 1.39.